The van der Waals surface area contributed by atoms with Gasteiger partial charge in [0.05, 0.1) is 6.61 Å². The van der Waals surface area contributed by atoms with Crippen LogP contribution < -0.4 is 4.74 Å². The van der Waals surface area contributed by atoms with Crippen LogP contribution in [0, 0.1) is 13.8 Å². The van der Waals surface area contributed by atoms with E-state index in [1.807, 2.05) is 25.2 Å². The smallest absolute Gasteiger partial charge is 0.330 e. The van der Waals surface area contributed by atoms with Crippen molar-refractivity contribution in [1.82, 2.24) is 0 Å². The van der Waals surface area contributed by atoms with Gasteiger partial charge in [-0.3, -0.25) is 0 Å². The van der Waals surface area contributed by atoms with Crippen LogP contribution in [0.2, 0.25) is 0 Å². The normalized spacial score (nSPS) is 14.8. The van der Waals surface area contributed by atoms with Gasteiger partial charge in [-0.25, -0.2) is 4.79 Å². The van der Waals surface area contributed by atoms with Crippen LogP contribution in [-0.2, 0) is 9.53 Å². The minimum Gasteiger partial charge on any atom is -0.488 e. The lowest BCUT2D eigenvalue weighted by molar-refractivity contribution is -0.137. The van der Waals surface area contributed by atoms with E-state index >= 15 is 0 Å². The Morgan fingerprint density at radius 3 is 2.76 bits per heavy atom. The minimum absolute atomic E-state index is 0.309. The number of carbonyl (C=O) groups excluding carboxylic acids is 1. The Balaban J connectivity index is 2.13. The third-order valence-electron chi connectivity index (χ3n) is 3.99. The van der Waals surface area contributed by atoms with Crippen molar-refractivity contribution in [2.75, 3.05) is 13.2 Å². The Kier molecular flexibility index (Phi) is 6.40. The molecule has 0 amide bonds. The van der Waals surface area contributed by atoms with E-state index < -0.39 is 0 Å². The first-order valence-electron chi connectivity index (χ1n) is 8.55. The van der Waals surface area contributed by atoms with Crippen molar-refractivity contribution >= 4 is 12.0 Å². The molecule has 0 spiro atoms. The molecule has 1 aromatic carbocycles. The van der Waals surface area contributed by atoms with E-state index in [2.05, 4.69) is 39.0 Å². The molecule has 0 aromatic heterocycles. The molecule has 0 saturated heterocycles. The number of carbonyl (C=O) groups is 1. The molecule has 0 fully saturated rings. The van der Waals surface area contributed by atoms with Crippen LogP contribution in [-0.4, -0.2) is 19.2 Å². The summed E-state index contributed by atoms with van der Waals surface area (Å²) in [6, 6.07) is 4.29. The lowest BCUT2D eigenvalue weighted by Gasteiger charge is -2.20. The fourth-order valence-corrected chi connectivity index (χ4v) is 2.77. The largest absolute Gasteiger partial charge is 0.488 e. The Morgan fingerprint density at radius 1 is 1.28 bits per heavy atom. The summed E-state index contributed by atoms with van der Waals surface area (Å²) >= 11 is 0. The number of hydrogen-bond acceptors (Lipinski definition) is 3. The molecule has 0 aliphatic carbocycles. The van der Waals surface area contributed by atoms with Crippen LogP contribution in [0.4, 0.5) is 0 Å². The Hall–Kier alpha value is -2.55. The quantitative estimate of drug-likeness (QED) is 0.426. The lowest BCUT2D eigenvalue weighted by atomic mass is 9.98. The summed E-state index contributed by atoms with van der Waals surface area (Å²) in [5.41, 5.74) is 6.70. The first-order chi connectivity index (χ1) is 11.9. The van der Waals surface area contributed by atoms with Gasteiger partial charge in [-0.2, -0.15) is 0 Å². The first-order valence-corrected chi connectivity index (χ1v) is 8.55. The molecule has 3 nitrogen and oxygen atoms in total. The van der Waals surface area contributed by atoms with Crippen LogP contribution in [0.3, 0.4) is 0 Å². The average molecular weight is 338 g/mol. The topological polar surface area (TPSA) is 35.5 Å². The van der Waals surface area contributed by atoms with E-state index in [4.69, 9.17) is 9.47 Å². The summed E-state index contributed by atoms with van der Waals surface area (Å²) in [5, 5.41) is 0. The van der Waals surface area contributed by atoms with Crippen LogP contribution >= 0.6 is 0 Å². The van der Waals surface area contributed by atoms with Gasteiger partial charge in [-0.1, -0.05) is 29.9 Å². The molecule has 2 rings (SSSR count). The Morgan fingerprint density at radius 2 is 2.04 bits per heavy atom. The second-order valence-electron chi connectivity index (χ2n) is 6.31. The highest BCUT2D eigenvalue weighted by Crippen LogP contribution is 2.32. The SMILES string of the molecule is CCOC(=O)/C=C(C)/C=C/C=C(\C)C1=Cc2cc(C)cc(C)c2OC1. The van der Waals surface area contributed by atoms with Crippen molar-refractivity contribution in [1.29, 1.82) is 0 Å². The number of rotatable bonds is 5. The fraction of sp³-hybridized carbons (Fsp3) is 0.318. The van der Waals surface area contributed by atoms with Gasteiger partial charge < -0.3 is 9.47 Å². The van der Waals surface area contributed by atoms with Crippen molar-refractivity contribution in [2.45, 2.75) is 34.6 Å². The standard InChI is InChI=1S/C22H26O3/c1-6-24-21(23)12-15(2)8-7-9-17(4)20-13-19-11-16(3)10-18(5)22(19)25-14-20/h7-13H,6,14H2,1-5H3/b8-7+,15-12+,17-9+. The second kappa shape index (κ2) is 8.52. The van der Waals surface area contributed by atoms with Crippen LogP contribution in [0.5, 0.6) is 5.75 Å². The third kappa shape index (κ3) is 5.21. The summed E-state index contributed by atoms with van der Waals surface area (Å²) in [5.74, 6) is 0.669. The van der Waals surface area contributed by atoms with Gasteiger partial charge in [0, 0.05) is 11.6 Å². The molecular formula is C22H26O3. The number of benzene rings is 1. The zero-order chi connectivity index (χ0) is 18.4. The molecular weight excluding hydrogens is 312 g/mol. The molecule has 132 valence electrons. The molecule has 1 aromatic rings. The highest BCUT2D eigenvalue weighted by Gasteiger charge is 2.14. The molecule has 25 heavy (non-hydrogen) atoms. The average Bonchev–Trinajstić information content (AvgIpc) is 2.54. The minimum atomic E-state index is -0.309. The van der Waals surface area contributed by atoms with Gasteiger partial charge in [0.2, 0.25) is 0 Å². The van der Waals surface area contributed by atoms with E-state index in [0.717, 1.165) is 28.0 Å². The Bertz CT molecular complexity index is 777. The second-order valence-corrected chi connectivity index (χ2v) is 6.31. The van der Waals surface area contributed by atoms with Gasteiger partial charge in [0.25, 0.3) is 0 Å². The molecule has 1 heterocycles. The van der Waals surface area contributed by atoms with E-state index in [0.29, 0.717) is 13.2 Å². The molecule has 0 bridgehead atoms. The maximum absolute atomic E-state index is 11.4. The number of aryl methyl sites for hydroxylation is 2. The van der Waals surface area contributed by atoms with Gasteiger partial charge >= 0.3 is 5.97 Å². The number of fused-ring (bicyclic) bond motifs is 1. The van der Waals surface area contributed by atoms with E-state index in [1.165, 1.54) is 17.2 Å². The van der Waals surface area contributed by atoms with Crippen LogP contribution in [0.15, 0.2) is 53.2 Å². The molecule has 0 N–H and O–H groups in total. The van der Waals surface area contributed by atoms with E-state index in [1.54, 1.807) is 6.92 Å². The number of allylic oxidation sites excluding steroid dienone is 4. The zero-order valence-electron chi connectivity index (χ0n) is 15.7. The van der Waals surface area contributed by atoms with Gasteiger partial charge in [0.15, 0.2) is 0 Å². The molecule has 3 heteroatoms. The third-order valence-corrected chi connectivity index (χ3v) is 3.99. The first kappa shape index (κ1) is 18.8. The van der Waals surface area contributed by atoms with Crippen LogP contribution in [0.25, 0.3) is 6.08 Å². The maximum atomic E-state index is 11.4. The zero-order valence-corrected chi connectivity index (χ0v) is 15.7. The monoisotopic (exact) mass is 338 g/mol. The van der Waals surface area contributed by atoms with E-state index in [-0.39, 0.29) is 5.97 Å². The molecule has 1 aliphatic rings. The fourth-order valence-electron chi connectivity index (χ4n) is 2.77. The highest BCUT2D eigenvalue weighted by atomic mass is 16.5. The number of esters is 1. The van der Waals surface area contributed by atoms with Crippen molar-refractivity contribution in [3.05, 3.63) is 69.8 Å². The predicted octanol–water partition coefficient (Wildman–Crippen LogP) is 5.09. The summed E-state index contributed by atoms with van der Waals surface area (Å²) in [4.78, 5) is 11.4. The summed E-state index contributed by atoms with van der Waals surface area (Å²) < 4.78 is 10.8. The molecule has 0 atom stereocenters. The number of hydrogen-bond donors (Lipinski definition) is 0. The van der Waals surface area contributed by atoms with Crippen LogP contribution in [0.1, 0.15) is 37.5 Å². The Labute approximate surface area is 150 Å². The number of ether oxygens (including phenoxy) is 2. The lowest BCUT2D eigenvalue weighted by Crippen LogP contribution is -2.09. The van der Waals surface area contributed by atoms with Gasteiger partial charge in [-0.15, -0.1) is 0 Å². The summed E-state index contributed by atoms with van der Waals surface area (Å²) in [6.07, 6.45) is 9.56. The van der Waals surface area contributed by atoms with E-state index in [9.17, 15) is 4.79 Å². The van der Waals surface area contributed by atoms with Crippen molar-refractivity contribution in [3.63, 3.8) is 0 Å². The van der Waals surface area contributed by atoms with Crippen molar-refractivity contribution in [2.24, 2.45) is 0 Å². The molecule has 0 saturated carbocycles. The molecule has 1 aliphatic heterocycles. The summed E-state index contributed by atoms with van der Waals surface area (Å²) in [7, 11) is 0. The maximum Gasteiger partial charge on any atom is 0.330 e. The molecule has 0 unspecified atom stereocenters. The van der Waals surface area contributed by atoms with Gasteiger partial charge in [0.1, 0.15) is 12.4 Å². The van der Waals surface area contributed by atoms with Crippen molar-refractivity contribution in [3.8, 4) is 5.75 Å². The highest BCUT2D eigenvalue weighted by molar-refractivity contribution is 5.83. The molecule has 0 radical (unpaired) electrons. The predicted molar refractivity (Wildman–Crippen MR) is 103 cm³/mol. The van der Waals surface area contributed by atoms with Crippen molar-refractivity contribution < 1.29 is 14.3 Å². The van der Waals surface area contributed by atoms with Gasteiger partial charge in [-0.05, 0) is 69.0 Å². The summed E-state index contributed by atoms with van der Waals surface area (Å²) in [6.45, 7) is 10.9.